The highest BCUT2D eigenvalue weighted by Crippen LogP contribution is 2.12. The third-order valence-electron chi connectivity index (χ3n) is 2.77. The van der Waals surface area contributed by atoms with E-state index in [1.165, 1.54) is 6.07 Å². The normalized spacial score (nSPS) is 10.9. The van der Waals surface area contributed by atoms with Gasteiger partial charge in [-0.15, -0.1) is 0 Å². The lowest BCUT2D eigenvalue weighted by Crippen LogP contribution is -2.24. The molecule has 0 radical (unpaired) electrons. The minimum Gasteiger partial charge on any atom is -0.405 e. The molecule has 2 heterocycles. The zero-order chi connectivity index (χ0) is 13.1. The first-order chi connectivity index (χ1) is 8.61. The highest BCUT2D eigenvalue weighted by atomic mass is 16.4. The second kappa shape index (κ2) is 5.03. The second-order valence-electron chi connectivity index (χ2n) is 4.16. The number of rotatable bonds is 4. The van der Waals surface area contributed by atoms with Crippen LogP contribution in [0.2, 0.25) is 0 Å². The molecule has 0 spiro atoms. The number of aromatic amines is 2. The average molecular weight is 250 g/mol. The lowest BCUT2D eigenvalue weighted by molar-refractivity contribution is 0.543. The summed E-state index contributed by atoms with van der Waals surface area (Å²) < 4.78 is 4.84. The standard InChI is InChI=1S/C12H14N2O4/c1-2-3-4-5-7-6-8(15)18-11-9(7)10(16)13-12(17)14-11/h6H,2-5H2,1H3,(H2,13,14,16,17). The Hall–Kier alpha value is -2.11. The minimum absolute atomic E-state index is 0.0530. The van der Waals surface area contributed by atoms with Gasteiger partial charge in [0.1, 0.15) is 5.39 Å². The van der Waals surface area contributed by atoms with Crippen LogP contribution in [-0.4, -0.2) is 9.97 Å². The molecule has 18 heavy (non-hydrogen) atoms. The van der Waals surface area contributed by atoms with Gasteiger partial charge in [0.2, 0.25) is 5.71 Å². The van der Waals surface area contributed by atoms with Crippen LogP contribution >= 0.6 is 0 Å². The summed E-state index contributed by atoms with van der Waals surface area (Å²) >= 11 is 0. The molecule has 0 atom stereocenters. The zero-order valence-electron chi connectivity index (χ0n) is 10.0. The highest BCUT2D eigenvalue weighted by molar-refractivity contribution is 5.75. The van der Waals surface area contributed by atoms with E-state index in [1.54, 1.807) is 0 Å². The van der Waals surface area contributed by atoms with E-state index < -0.39 is 16.9 Å². The van der Waals surface area contributed by atoms with Crippen LogP contribution in [0.15, 0.2) is 24.9 Å². The molecule has 0 saturated heterocycles. The van der Waals surface area contributed by atoms with Crippen molar-refractivity contribution in [1.82, 2.24) is 9.97 Å². The molecule has 2 aromatic heterocycles. The first-order valence-electron chi connectivity index (χ1n) is 5.91. The van der Waals surface area contributed by atoms with Crippen molar-refractivity contribution in [1.29, 1.82) is 0 Å². The summed E-state index contributed by atoms with van der Waals surface area (Å²) in [4.78, 5) is 38.7. The molecule has 0 bridgehead atoms. The van der Waals surface area contributed by atoms with Crippen LogP contribution in [0.4, 0.5) is 0 Å². The van der Waals surface area contributed by atoms with E-state index in [0.29, 0.717) is 12.0 Å². The van der Waals surface area contributed by atoms with Gasteiger partial charge in [-0.2, -0.15) is 0 Å². The third kappa shape index (κ3) is 2.42. The fourth-order valence-corrected chi connectivity index (χ4v) is 1.94. The van der Waals surface area contributed by atoms with Crippen molar-refractivity contribution in [2.24, 2.45) is 0 Å². The predicted molar refractivity (Wildman–Crippen MR) is 67.0 cm³/mol. The van der Waals surface area contributed by atoms with Crippen molar-refractivity contribution in [2.75, 3.05) is 0 Å². The molecule has 0 aliphatic rings. The summed E-state index contributed by atoms with van der Waals surface area (Å²) in [7, 11) is 0. The number of hydrogen-bond donors (Lipinski definition) is 2. The molecule has 2 N–H and O–H groups in total. The fraction of sp³-hybridized carbons (Fsp3) is 0.417. The van der Waals surface area contributed by atoms with E-state index >= 15 is 0 Å². The van der Waals surface area contributed by atoms with Gasteiger partial charge in [0.25, 0.3) is 5.56 Å². The van der Waals surface area contributed by atoms with Crippen molar-refractivity contribution in [3.8, 4) is 0 Å². The Morgan fingerprint density at radius 2 is 1.94 bits per heavy atom. The molecule has 0 amide bonds. The number of aryl methyl sites for hydroxylation is 1. The predicted octanol–water partition coefficient (Wildman–Crippen LogP) is 0.902. The lowest BCUT2D eigenvalue weighted by atomic mass is 10.1. The first-order valence-corrected chi connectivity index (χ1v) is 5.91. The molecule has 6 nitrogen and oxygen atoms in total. The summed E-state index contributed by atoms with van der Waals surface area (Å²) in [5.41, 5.74) is -1.20. The molecular formula is C12H14N2O4. The van der Waals surface area contributed by atoms with Gasteiger partial charge in [0, 0.05) is 6.07 Å². The maximum absolute atomic E-state index is 11.7. The van der Waals surface area contributed by atoms with Gasteiger partial charge in [0.15, 0.2) is 0 Å². The molecule has 0 saturated carbocycles. The Bertz CT molecular complexity index is 718. The molecule has 2 aromatic rings. The zero-order valence-corrected chi connectivity index (χ0v) is 10.0. The molecule has 0 unspecified atom stereocenters. The lowest BCUT2D eigenvalue weighted by Gasteiger charge is -2.03. The van der Waals surface area contributed by atoms with Crippen LogP contribution in [-0.2, 0) is 6.42 Å². The summed E-state index contributed by atoms with van der Waals surface area (Å²) in [6, 6.07) is 1.31. The fourth-order valence-electron chi connectivity index (χ4n) is 1.94. The van der Waals surface area contributed by atoms with Crippen LogP contribution in [0.1, 0.15) is 31.7 Å². The average Bonchev–Trinajstić information content (AvgIpc) is 2.27. The Labute approximate surface area is 102 Å². The summed E-state index contributed by atoms with van der Waals surface area (Å²) in [5.74, 6) is 0. The Morgan fingerprint density at radius 3 is 2.67 bits per heavy atom. The van der Waals surface area contributed by atoms with Gasteiger partial charge < -0.3 is 4.42 Å². The maximum Gasteiger partial charge on any atom is 0.337 e. The summed E-state index contributed by atoms with van der Waals surface area (Å²) in [6.07, 6.45) is 3.56. The van der Waals surface area contributed by atoms with E-state index in [0.717, 1.165) is 19.3 Å². The SMILES string of the molecule is CCCCCc1cc(=O)oc2[nH]c(=O)[nH]c(=O)c12. The van der Waals surface area contributed by atoms with Crippen molar-refractivity contribution in [3.05, 3.63) is 42.9 Å². The topological polar surface area (TPSA) is 95.9 Å². The number of nitrogens with one attached hydrogen (secondary N) is 2. The van der Waals surface area contributed by atoms with Crippen LogP contribution in [0, 0.1) is 0 Å². The van der Waals surface area contributed by atoms with Crippen molar-refractivity contribution in [2.45, 2.75) is 32.6 Å². The van der Waals surface area contributed by atoms with Crippen LogP contribution < -0.4 is 16.9 Å². The van der Waals surface area contributed by atoms with Crippen LogP contribution in [0.25, 0.3) is 11.1 Å². The summed E-state index contributed by atoms with van der Waals surface area (Å²) in [5, 5.41) is 0.255. The number of aromatic nitrogens is 2. The largest absolute Gasteiger partial charge is 0.405 e. The van der Waals surface area contributed by atoms with E-state index in [-0.39, 0.29) is 11.1 Å². The molecular weight excluding hydrogens is 236 g/mol. The van der Waals surface area contributed by atoms with E-state index in [4.69, 9.17) is 4.42 Å². The Morgan fingerprint density at radius 1 is 1.17 bits per heavy atom. The van der Waals surface area contributed by atoms with E-state index in [2.05, 4.69) is 16.9 Å². The van der Waals surface area contributed by atoms with Gasteiger partial charge >= 0.3 is 11.3 Å². The van der Waals surface area contributed by atoms with Gasteiger partial charge in [-0.3, -0.25) is 14.8 Å². The van der Waals surface area contributed by atoms with E-state index in [9.17, 15) is 14.4 Å². The molecule has 96 valence electrons. The molecule has 0 aliphatic carbocycles. The molecule has 0 fully saturated rings. The Kier molecular flexibility index (Phi) is 3.45. The van der Waals surface area contributed by atoms with Crippen molar-refractivity contribution in [3.63, 3.8) is 0 Å². The number of hydrogen-bond acceptors (Lipinski definition) is 4. The minimum atomic E-state index is -0.679. The maximum atomic E-state index is 11.7. The third-order valence-corrected chi connectivity index (χ3v) is 2.77. The summed E-state index contributed by atoms with van der Waals surface area (Å²) in [6.45, 7) is 2.07. The van der Waals surface area contributed by atoms with Gasteiger partial charge in [-0.25, -0.2) is 9.59 Å². The number of H-pyrrole nitrogens is 2. The number of unbranched alkanes of at least 4 members (excludes halogenated alkanes) is 2. The molecule has 0 aromatic carbocycles. The van der Waals surface area contributed by atoms with Gasteiger partial charge in [-0.05, 0) is 18.4 Å². The van der Waals surface area contributed by atoms with Gasteiger partial charge in [-0.1, -0.05) is 19.8 Å². The smallest absolute Gasteiger partial charge is 0.337 e. The van der Waals surface area contributed by atoms with E-state index in [1.807, 2.05) is 0 Å². The monoisotopic (exact) mass is 250 g/mol. The van der Waals surface area contributed by atoms with Crippen LogP contribution in [0.3, 0.4) is 0 Å². The van der Waals surface area contributed by atoms with Crippen molar-refractivity contribution >= 4 is 11.1 Å². The molecule has 0 aliphatic heterocycles. The quantitative estimate of drug-likeness (QED) is 0.788. The van der Waals surface area contributed by atoms with Crippen LogP contribution in [0.5, 0.6) is 0 Å². The first kappa shape index (κ1) is 12.3. The molecule has 2 rings (SSSR count). The number of fused-ring (bicyclic) bond motifs is 1. The molecule has 6 heteroatoms. The second-order valence-corrected chi connectivity index (χ2v) is 4.16. The van der Waals surface area contributed by atoms with Crippen molar-refractivity contribution < 1.29 is 4.42 Å². The Balaban J connectivity index is 2.61. The van der Waals surface area contributed by atoms with Gasteiger partial charge in [0.05, 0.1) is 0 Å². The highest BCUT2D eigenvalue weighted by Gasteiger charge is 2.10.